The van der Waals surface area contributed by atoms with E-state index in [0.29, 0.717) is 9.15 Å². The number of ether oxygens (including phenoxy) is 1. The van der Waals surface area contributed by atoms with Crippen LogP contribution in [0.25, 0.3) is 0 Å². The zero-order chi connectivity index (χ0) is 11.4. The first kappa shape index (κ1) is 13.5. The Kier molecular flexibility index (Phi) is 5.57. The van der Waals surface area contributed by atoms with Gasteiger partial charge in [0.2, 0.25) is 0 Å². The van der Waals surface area contributed by atoms with E-state index in [9.17, 15) is 4.79 Å². The van der Waals surface area contributed by atoms with Gasteiger partial charge in [0.15, 0.2) is 5.76 Å². The van der Waals surface area contributed by atoms with Crippen molar-refractivity contribution >= 4 is 53.8 Å². The van der Waals surface area contributed by atoms with Crippen LogP contribution in [0.5, 0.6) is 0 Å². The molecule has 15 heavy (non-hydrogen) atoms. The van der Waals surface area contributed by atoms with Gasteiger partial charge in [0.25, 0.3) is 0 Å². The molecule has 0 N–H and O–H groups in total. The van der Waals surface area contributed by atoms with Gasteiger partial charge >= 0.3 is 5.97 Å². The summed E-state index contributed by atoms with van der Waals surface area (Å²) in [5, 5.41) is 0.787. The van der Waals surface area contributed by atoms with E-state index < -0.39 is 0 Å². The molecule has 0 aromatic carbocycles. The summed E-state index contributed by atoms with van der Waals surface area (Å²) in [5.74, 6) is 0.552. The standard InChI is InChI=1S/C10H11Br3O2/c1-2-3-6(5-11)7-4-8(9(12)13)15-10(7)14/h4,6H,2-3,5H2,1H3. The Morgan fingerprint density at radius 2 is 2.20 bits per heavy atom. The molecule has 0 spiro atoms. The van der Waals surface area contributed by atoms with Crippen LogP contribution in [0.15, 0.2) is 20.8 Å². The lowest BCUT2D eigenvalue weighted by molar-refractivity contribution is -0.133. The molecule has 0 saturated carbocycles. The number of halogens is 3. The summed E-state index contributed by atoms with van der Waals surface area (Å²) in [5.41, 5.74) is 0.750. The molecule has 1 aliphatic heterocycles. The predicted molar refractivity (Wildman–Crippen MR) is 71.2 cm³/mol. The molecule has 0 amide bonds. The third-order valence-electron chi connectivity index (χ3n) is 2.17. The number of hydrogen-bond donors (Lipinski definition) is 0. The third-order valence-corrected chi connectivity index (χ3v) is 3.74. The number of allylic oxidation sites excluding steroid dienone is 1. The second-order valence-corrected chi connectivity index (χ2v) is 6.55. The van der Waals surface area contributed by atoms with Crippen LogP contribution < -0.4 is 0 Å². The number of carbonyl (C=O) groups is 1. The Morgan fingerprint density at radius 3 is 2.60 bits per heavy atom. The number of carbonyl (C=O) groups excluding carboxylic acids is 1. The molecule has 1 heterocycles. The number of alkyl halides is 1. The van der Waals surface area contributed by atoms with Gasteiger partial charge in [-0.2, -0.15) is 0 Å². The van der Waals surface area contributed by atoms with Gasteiger partial charge < -0.3 is 4.74 Å². The van der Waals surface area contributed by atoms with Gasteiger partial charge in [-0.3, -0.25) is 0 Å². The molecule has 1 atom stereocenters. The maximum Gasteiger partial charge on any atom is 0.339 e. The SMILES string of the molecule is CCCC(CBr)C1=CC(=C(Br)Br)OC1=O. The molecule has 0 aromatic rings. The van der Waals surface area contributed by atoms with Gasteiger partial charge in [0.1, 0.15) is 3.39 Å². The minimum atomic E-state index is -0.237. The van der Waals surface area contributed by atoms with Gasteiger partial charge in [-0.15, -0.1) is 0 Å². The van der Waals surface area contributed by atoms with Crippen molar-refractivity contribution in [3.05, 3.63) is 20.8 Å². The molecular weight excluding hydrogens is 392 g/mol. The highest BCUT2D eigenvalue weighted by Gasteiger charge is 2.28. The number of cyclic esters (lactones) is 1. The minimum Gasteiger partial charge on any atom is -0.421 e. The topological polar surface area (TPSA) is 26.3 Å². The highest BCUT2D eigenvalue weighted by atomic mass is 79.9. The molecule has 0 fully saturated rings. The second kappa shape index (κ2) is 6.21. The van der Waals surface area contributed by atoms with Crippen LogP contribution in [-0.2, 0) is 9.53 Å². The minimum absolute atomic E-state index is 0.236. The lowest BCUT2D eigenvalue weighted by Gasteiger charge is -2.10. The van der Waals surface area contributed by atoms with Crippen LogP contribution >= 0.6 is 47.8 Å². The zero-order valence-corrected chi connectivity index (χ0v) is 13.0. The predicted octanol–water partition coefficient (Wildman–Crippen LogP) is 4.24. The summed E-state index contributed by atoms with van der Waals surface area (Å²) in [6.45, 7) is 2.10. The van der Waals surface area contributed by atoms with Crippen molar-refractivity contribution < 1.29 is 9.53 Å². The molecule has 1 unspecified atom stereocenters. The van der Waals surface area contributed by atoms with Crippen LogP contribution in [0.1, 0.15) is 19.8 Å². The molecular formula is C10H11Br3O2. The summed E-state index contributed by atoms with van der Waals surface area (Å²) in [6.07, 6.45) is 3.83. The lowest BCUT2D eigenvalue weighted by Crippen LogP contribution is -2.11. The highest BCUT2D eigenvalue weighted by Crippen LogP contribution is 2.32. The zero-order valence-electron chi connectivity index (χ0n) is 8.23. The van der Waals surface area contributed by atoms with Crippen molar-refractivity contribution in [3.63, 3.8) is 0 Å². The largest absolute Gasteiger partial charge is 0.421 e. The molecule has 0 radical (unpaired) electrons. The summed E-state index contributed by atoms with van der Waals surface area (Å²) in [6, 6.07) is 0. The van der Waals surface area contributed by atoms with Crippen LogP contribution in [0, 0.1) is 5.92 Å². The van der Waals surface area contributed by atoms with E-state index in [0.717, 1.165) is 23.7 Å². The van der Waals surface area contributed by atoms with Crippen molar-refractivity contribution in [3.8, 4) is 0 Å². The van der Waals surface area contributed by atoms with Crippen LogP contribution in [0.3, 0.4) is 0 Å². The molecule has 2 nitrogen and oxygen atoms in total. The Bertz CT molecular complexity index is 317. The van der Waals surface area contributed by atoms with E-state index in [1.54, 1.807) is 6.08 Å². The average Bonchev–Trinajstić information content (AvgIpc) is 2.57. The number of rotatable bonds is 4. The Morgan fingerprint density at radius 1 is 1.53 bits per heavy atom. The maximum absolute atomic E-state index is 11.6. The Balaban J connectivity index is 2.89. The Hall–Kier alpha value is 0.390. The van der Waals surface area contributed by atoms with Crippen LogP contribution in [0.4, 0.5) is 0 Å². The molecule has 0 aromatic heterocycles. The summed E-state index contributed by atoms with van der Waals surface area (Å²) in [7, 11) is 0. The molecule has 1 rings (SSSR count). The van der Waals surface area contributed by atoms with Crippen molar-refractivity contribution in [2.24, 2.45) is 5.92 Å². The second-order valence-electron chi connectivity index (χ2n) is 3.25. The van der Waals surface area contributed by atoms with Crippen LogP contribution in [-0.4, -0.2) is 11.3 Å². The van der Waals surface area contributed by atoms with E-state index in [1.807, 2.05) is 0 Å². The van der Waals surface area contributed by atoms with Crippen molar-refractivity contribution in [1.82, 2.24) is 0 Å². The van der Waals surface area contributed by atoms with Gasteiger partial charge in [-0.25, -0.2) is 4.79 Å². The van der Waals surface area contributed by atoms with Gasteiger partial charge in [-0.05, 0) is 44.4 Å². The first-order valence-corrected chi connectivity index (χ1v) is 7.35. The first-order valence-electron chi connectivity index (χ1n) is 4.65. The van der Waals surface area contributed by atoms with E-state index in [4.69, 9.17) is 4.74 Å². The fourth-order valence-corrected chi connectivity index (χ4v) is 2.49. The fraction of sp³-hybridized carbons (Fsp3) is 0.500. The summed E-state index contributed by atoms with van der Waals surface area (Å²) >= 11 is 9.88. The number of hydrogen-bond acceptors (Lipinski definition) is 2. The van der Waals surface area contributed by atoms with Gasteiger partial charge in [-0.1, -0.05) is 29.3 Å². The monoisotopic (exact) mass is 400 g/mol. The average molecular weight is 403 g/mol. The first-order chi connectivity index (χ1) is 7.10. The van der Waals surface area contributed by atoms with E-state index >= 15 is 0 Å². The van der Waals surface area contributed by atoms with Gasteiger partial charge in [0.05, 0.1) is 0 Å². The molecule has 84 valence electrons. The Labute approximate surface area is 115 Å². The molecule has 1 aliphatic rings. The molecule has 0 bridgehead atoms. The molecule has 0 saturated heterocycles. The third kappa shape index (κ3) is 3.43. The van der Waals surface area contributed by atoms with E-state index in [1.165, 1.54) is 0 Å². The molecule has 5 heteroatoms. The quantitative estimate of drug-likeness (QED) is 0.519. The van der Waals surface area contributed by atoms with Crippen molar-refractivity contribution in [1.29, 1.82) is 0 Å². The normalized spacial score (nSPS) is 17.5. The van der Waals surface area contributed by atoms with Crippen molar-refractivity contribution in [2.45, 2.75) is 19.8 Å². The summed E-state index contributed by atoms with van der Waals surface area (Å²) in [4.78, 5) is 11.6. The lowest BCUT2D eigenvalue weighted by atomic mass is 9.97. The van der Waals surface area contributed by atoms with E-state index in [-0.39, 0.29) is 11.9 Å². The van der Waals surface area contributed by atoms with Crippen molar-refractivity contribution in [2.75, 3.05) is 5.33 Å². The number of esters is 1. The maximum atomic E-state index is 11.6. The van der Waals surface area contributed by atoms with Crippen LogP contribution in [0.2, 0.25) is 0 Å². The fourth-order valence-electron chi connectivity index (χ4n) is 1.43. The van der Waals surface area contributed by atoms with E-state index in [2.05, 4.69) is 54.7 Å². The molecule has 0 aliphatic carbocycles. The highest BCUT2D eigenvalue weighted by molar-refractivity contribution is 9.28. The van der Waals surface area contributed by atoms with Gasteiger partial charge in [0, 0.05) is 16.8 Å². The summed E-state index contributed by atoms with van der Waals surface area (Å²) < 4.78 is 5.77. The smallest absolute Gasteiger partial charge is 0.339 e.